The molecular weight excluding hydrogens is 480 g/mol. The van der Waals surface area contributed by atoms with Gasteiger partial charge in [0.05, 0.1) is 9.79 Å². The Kier molecular flexibility index (Phi) is 8.06. The molecule has 0 N–H and O–H groups in total. The molecule has 0 amide bonds. The van der Waals surface area contributed by atoms with Crippen LogP contribution in [-0.2, 0) is 33.0 Å². The van der Waals surface area contributed by atoms with E-state index in [1.807, 2.05) is 48.5 Å². The summed E-state index contributed by atoms with van der Waals surface area (Å²) in [6.07, 6.45) is 2.58. The zero-order valence-electron chi connectivity index (χ0n) is 20.0. The molecule has 0 aromatic heterocycles. The molecular formula is C27H32N2O4S2. The lowest BCUT2D eigenvalue weighted by atomic mass is 9.91. The molecule has 1 heterocycles. The summed E-state index contributed by atoms with van der Waals surface area (Å²) in [6, 6.07) is 25.3. The zero-order chi connectivity index (χ0) is 24.9. The molecule has 4 rings (SSSR count). The molecule has 8 heteroatoms. The zero-order valence-corrected chi connectivity index (χ0v) is 21.6. The molecule has 3 aromatic carbocycles. The van der Waals surface area contributed by atoms with Gasteiger partial charge in [-0.25, -0.2) is 16.8 Å². The van der Waals surface area contributed by atoms with Gasteiger partial charge < -0.3 is 0 Å². The Morgan fingerprint density at radius 1 is 0.743 bits per heavy atom. The fourth-order valence-corrected chi connectivity index (χ4v) is 7.44. The normalized spacial score (nSPS) is 15.9. The first-order valence-corrected chi connectivity index (χ1v) is 14.9. The standard InChI is InChI=1S/C27H32N2O4S2/c1-2-28(22-25-11-7-4-8-12-25)34(30,31)26-13-15-27(16-14-26)35(32,33)29-19-17-24(18-20-29)21-23-9-5-3-6-10-23/h3-16,24H,2,17-22H2,1H3. The van der Waals surface area contributed by atoms with Crippen molar-refractivity contribution < 1.29 is 16.8 Å². The molecule has 186 valence electrons. The smallest absolute Gasteiger partial charge is 0.207 e. The number of piperidine rings is 1. The van der Waals surface area contributed by atoms with E-state index in [0.717, 1.165) is 24.8 Å². The second-order valence-corrected chi connectivity index (χ2v) is 12.8. The van der Waals surface area contributed by atoms with Crippen LogP contribution in [0.1, 0.15) is 30.9 Å². The minimum Gasteiger partial charge on any atom is -0.207 e. The summed E-state index contributed by atoms with van der Waals surface area (Å²) in [5.74, 6) is 0.459. The maximum absolute atomic E-state index is 13.2. The molecule has 1 fully saturated rings. The highest BCUT2D eigenvalue weighted by atomic mass is 32.2. The number of hydrogen-bond acceptors (Lipinski definition) is 4. The molecule has 0 unspecified atom stereocenters. The minimum atomic E-state index is -3.75. The van der Waals surface area contributed by atoms with Gasteiger partial charge in [0, 0.05) is 26.2 Å². The third-order valence-corrected chi connectivity index (χ3v) is 10.4. The van der Waals surface area contributed by atoms with Crippen LogP contribution in [0.5, 0.6) is 0 Å². The number of hydrogen-bond donors (Lipinski definition) is 0. The van der Waals surface area contributed by atoms with Gasteiger partial charge in [-0.2, -0.15) is 8.61 Å². The molecule has 0 radical (unpaired) electrons. The van der Waals surface area contributed by atoms with Gasteiger partial charge in [0.1, 0.15) is 0 Å². The molecule has 3 aromatic rings. The summed E-state index contributed by atoms with van der Waals surface area (Å²) in [6.45, 7) is 3.31. The van der Waals surface area contributed by atoms with Gasteiger partial charge in [-0.15, -0.1) is 0 Å². The van der Waals surface area contributed by atoms with E-state index in [0.29, 0.717) is 25.6 Å². The average Bonchev–Trinajstić information content (AvgIpc) is 2.89. The quantitative estimate of drug-likeness (QED) is 0.422. The Balaban J connectivity index is 1.42. The van der Waals surface area contributed by atoms with Crippen LogP contribution in [0.3, 0.4) is 0 Å². The molecule has 0 aliphatic carbocycles. The first kappa shape index (κ1) is 25.6. The number of rotatable bonds is 9. The summed E-state index contributed by atoms with van der Waals surface area (Å²) in [5.41, 5.74) is 2.17. The third kappa shape index (κ3) is 6.01. The number of nitrogens with zero attached hydrogens (tertiary/aromatic N) is 2. The maximum atomic E-state index is 13.2. The Labute approximate surface area is 209 Å². The van der Waals surface area contributed by atoms with Crippen LogP contribution >= 0.6 is 0 Å². The minimum absolute atomic E-state index is 0.0933. The van der Waals surface area contributed by atoms with Crippen LogP contribution in [0.25, 0.3) is 0 Å². The fourth-order valence-electron chi connectivity index (χ4n) is 4.54. The lowest BCUT2D eigenvalue weighted by molar-refractivity contribution is 0.273. The van der Waals surface area contributed by atoms with Crippen molar-refractivity contribution in [2.24, 2.45) is 5.92 Å². The van der Waals surface area contributed by atoms with Crippen molar-refractivity contribution in [2.45, 2.75) is 42.5 Å². The van der Waals surface area contributed by atoms with E-state index in [9.17, 15) is 16.8 Å². The Morgan fingerprint density at radius 3 is 1.80 bits per heavy atom. The number of benzene rings is 3. The first-order chi connectivity index (χ1) is 16.8. The Morgan fingerprint density at radius 2 is 1.26 bits per heavy atom. The molecule has 1 aliphatic heterocycles. The fraction of sp³-hybridized carbons (Fsp3) is 0.333. The van der Waals surface area contributed by atoms with E-state index in [2.05, 4.69) is 12.1 Å². The average molecular weight is 513 g/mol. The van der Waals surface area contributed by atoms with E-state index >= 15 is 0 Å². The number of sulfonamides is 2. The van der Waals surface area contributed by atoms with Crippen LogP contribution in [0.15, 0.2) is 94.7 Å². The molecule has 0 bridgehead atoms. The summed E-state index contributed by atoms with van der Waals surface area (Å²) in [7, 11) is -7.42. The second kappa shape index (κ2) is 11.0. The van der Waals surface area contributed by atoms with Gasteiger partial charge in [-0.1, -0.05) is 67.6 Å². The Bertz CT molecular complexity index is 1300. The molecule has 6 nitrogen and oxygen atoms in total. The predicted molar refractivity (Wildman–Crippen MR) is 138 cm³/mol. The molecule has 1 aliphatic rings. The van der Waals surface area contributed by atoms with E-state index in [1.165, 1.54) is 38.4 Å². The lowest BCUT2D eigenvalue weighted by Gasteiger charge is -2.31. The first-order valence-electron chi connectivity index (χ1n) is 12.0. The predicted octanol–water partition coefficient (Wildman–Crippen LogP) is 4.54. The molecule has 1 saturated heterocycles. The van der Waals surface area contributed by atoms with Crippen molar-refractivity contribution >= 4 is 20.0 Å². The topological polar surface area (TPSA) is 74.8 Å². The molecule has 0 atom stereocenters. The van der Waals surface area contributed by atoms with E-state index in [1.54, 1.807) is 6.92 Å². The van der Waals surface area contributed by atoms with Gasteiger partial charge in [0.15, 0.2) is 0 Å². The van der Waals surface area contributed by atoms with Crippen molar-refractivity contribution in [3.8, 4) is 0 Å². The largest absolute Gasteiger partial charge is 0.243 e. The Hall–Kier alpha value is -2.52. The van der Waals surface area contributed by atoms with Gasteiger partial charge in [0.2, 0.25) is 20.0 Å². The summed E-state index contributed by atoms with van der Waals surface area (Å²) in [4.78, 5) is 0.222. The summed E-state index contributed by atoms with van der Waals surface area (Å²) >= 11 is 0. The highest BCUT2D eigenvalue weighted by Crippen LogP contribution is 2.27. The second-order valence-electron chi connectivity index (χ2n) is 8.93. The maximum Gasteiger partial charge on any atom is 0.243 e. The van der Waals surface area contributed by atoms with Crippen molar-refractivity contribution in [1.29, 1.82) is 0 Å². The van der Waals surface area contributed by atoms with Crippen LogP contribution in [0.4, 0.5) is 0 Å². The van der Waals surface area contributed by atoms with Crippen LogP contribution in [0, 0.1) is 5.92 Å². The van der Waals surface area contributed by atoms with Crippen molar-refractivity contribution in [2.75, 3.05) is 19.6 Å². The summed E-state index contributed by atoms with van der Waals surface area (Å²) in [5, 5.41) is 0. The van der Waals surface area contributed by atoms with Crippen LogP contribution in [0.2, 0.25) is 0 Å². The lowest BCUT2D eigenvalue weighted by Crippen LogP contribution is -2.38. The van der Waals surface area contributed by atoms with E-state index in [4.69, 9.17) is 0 Å². The summed E-state index contributed by atoms with van der Waals surface area (Å²) < 4.78 is 55.7. The third-order valence-electron chi connectivity index (χ3n) is 6.59. The van der Waals surface area contributed by atoms with Gasteiger partial charge in [0.25, 0.3) is 0 Å². The monoisotopic (exact) mass is 512 g/mol. The highest BCUT2D eigenvalue weighted by Gasteiger charge is 2.30. The van der Waals surface area contributed by atoms with Crippen LogP contribution < -0.4 is 0 Å². The van der Waals surface area contributed by atoms with Gasteiger partial charge in [-0.05, 0) is 60.6 Å². The van der Waals surface area contributed by atoms with E-state index < -0.39 is 20.0 Å². The van der Waals surface area contributed by atoms with Gasteiger partial charge >= 0.3 is 0 Å². The molecule has 0 spiro atoms. The SMILES string of the molecule is CCN(Cc1ccccc1)S(=O)(=O)c1ccc(S(=O)(=O)N2CCC(Cc3ccccc3)CC2)cc1. The van der Waals surface area contributed by atoms with Crippen molar-refractivity contribution in [3.05, 3.63) is 96.1 Å². The molecule has 0 saturated carbocycles. The van der Waals surface area contributed by atoms with Crippen LogP contribution in [-0.4, -0.2) is 45.1 Å². The van der Waals surface area contributed by atoms with E-state index in [-0.39, 0.29) is 16.3 Å². The van der Waals surface area contributed by atoms with Crippen molar-refractivity contribution in [1.82, 2.24) is 8.61 Å². The highest BCUT2D eigenvalue weighted by molar-refractivity contribution is 7.89. The van der Waals surface area contributed by atoms with Crippen molar-refractivity contribution in [3.63, 3.8) is 0 Å². The van der Waals surface area contributed by atoms with Gasteiger partial charge in [-0.3, -0.25) is 0 Å². The molecule has 35 heavy (non-hydrogen) atoms.